The lowest BCUT2D eigenvalue weighted by molar-refractivity contribution is -0.131. The monoisotopic (exact) mass is 373 g/mol. The highest BCUT2D eigenvalue weighted by molar-refractivity contribution is 7.07. The van der Waals surface area contributed by atoms with Gasteiger partial charge in [0.2, 0.25) is 11.8 Å². The van der Waals surface area contributed by atoms with Gasteiger partial charge >= 0.3 is 0 Å². The molecule has 1 aliphatic carbocycles. The molecule has 0 unspecified atom stereocenters. The second kappa shape index (κ2) is 5.60. The van der Waals surface area contributed by atoms with Gasteiger partial charge in [-0.15, -0.1) is 11.3 Å². The Morgan fingerprint density at radius 2 is 2.04 bits per heavy atom. The third-order valence-electron chi connectivity index (χ3n) is 5.74. The molecule has 2 aromatic rings. The summed E-state index contributed by atoms with van der Waals surface area (Å²) >= 11 is 1.41. The van der Waals surface area contributed by atoms with Gasteiger partial charge in [-0.3, -0.25) is 9.59 Å². The maximum Gasteiger partial charge on any atom is 0.273 e. The third kappa shape index (κ3) is 2.37. The number of nitrogens with zero attached hydrogens (tertiary/aromatic N) is 5. The first-order valence-electron chi connectivity index (χ1n) is 8.84. The van der Waals surface area contributed by atoms with Crippen LogP contribution < -0.4 is 0 Å². The number of hydrogen-bond donors (Lipinski definition) is 0. The lowest BCUT2D eigenvalue weighted by Crippen LogP contribution is -2.41. The fraction of sp³-hybridized carbons (Fsp3) is 0.588. The zero-order chi connectivity index (χ0) is 17.9. The molecule has 0 radical (unpaired) electrons. The van der Waals surface area contributed by atoms with Gasteiger partial charge in [0.1, 0.15) is 5.69 Å². The minimum Gasteiger partial charge on any atom is -0.341 e. The van der Waals surface area contributed by atoms with Crippen molar-refractivity contribution in [1.82, 2.24) is 24.9 Å². The maximum atomic E-state index is 12.8. The van der Waals surface area contributed by atoms with Gasteiger partial charge in [0.15, 0.2) is 5.82 Å². The Morgan fingerprint density at radius 3 is 2.69 bits per heavy atom. The molecule has 4 heterocycles. The number of likely N-dealkylation sites (tertiary alicyclic amines) is 2. The second-order valence-electron chi connectivity index (χ2n) is 7.55. The number of aryl methyl sites for hydroxylation is 1. The summed E-state index contributed by atoms with van der Waals surface area (Å²) in [6, 6.07) is 0. The number of thiazole rings is 1. The summed E-state index contributed by atoms with van der Waals surface area (Å²) in [4.78, 5) is 37.7. The van der Waals surface area contributed by atoms with E-state index in [1.54, 1.807) is 17.8 Å². The Balaban J connectivity index is 1.45. The Morgan fingerprint density at radius 1 is 1.27 bits per heavy atom. The molecule has 2 saturated heterocycles. The largest absolute Gasteiger partial charge is 0.341 e. The summed E-state index contributed by atoms with van der Waals surface area (Å²) in [5, 5.41) is 5.72. The number of carbonyl (C=O) groups is 2. The standard InChI is InChI=1S/C17H19N5O3S/c1-10-19-16(25-20-10)17-7-21(14(23)11-2-3-11)4-12(17)5-22(8-17)15(24)13-6-26-9-18-13/h6,9,11-12H,2-5,7-8H2,1H3/t12-,17-/m1/s1. The predicted octanol–water partition coefficient (Wildman–Crippen LogP) is 1.10. The Labute approximate surface area is 154 Å². The van der Waals surface area contributed by atoms with Gasteiger partial charge in [0.05, 0.1) is 10.9 Å². The Bertz CT molecular complexity index is 862. The van der Waals surface area contributed by atoms with E-state index in [0.29, 0.717) is 43.6 Å². The van der Waals surface area contributed by atoms with Crippen LogP contribution in [0.25, 0.3) is 0 Å². The summed E-state index contributed by atoms with van der Waals surface area (Å²) in [5.74, 6) is 1.56. The van der Waals surface area contributed by atoms with Crippen molar-refractivity contribution in [1.29, 1.82) is 0 Å². The Kier molecular flexibility index (Phi) is 3.43. The molecule has 3 aliphatic rings. The first-order valence-corrected chi connectivity index (χ1v) is 9.78. The van der Waals surface area contributed by atoms with Gasteiger partial charge in [-0.2, -0.15) is 4.98 Å². The van der Waals surface area contributed by atoms with Crippen LogP contribution in [0.15, 0.2) is 15.4 Å². The molecule has 2 atom stereocenters. The minimum absolute atomic E-state index is 0.0728. The first kappa shape index (κ1) is 15.9. The average Bonchev–Trinajstić information content (AvgIpc) is 2.99. The fourth-order valence-electron chi connectivity index (χ4n) is 4.26. The molecule has 2 aromatic heterocycles. The van der Waals surface area contributed by atoms with E-state index >= 15 is 0 Å². The fourth-order valence-corrected chi connectivity index (χ4v) is 4.78. The van der Waals surface area contributed by atoms with Crippen LogP contribution in [0.3, 0.4) is 0 Å². The van der Waals surface area contributed by atoms with Gasteiger partial charge in [-0.1, -0.05) is 5.16 Å². The lowest BCUT2D eigenvalue weighted by Gasteiger charge is -2.25. The topological polar surface area (TPSA) is 92.4 Å². The van der Waals surface area contributed by atoms with Crippen molar-refractivity contribution in [2.24, 2.45) is 11.8 Å². The molecule has 9 heteroatoms. The minimum atomic E-state index is -0.475. The number of amides is 2. The van der Waals surface area contributed by atoms with Crippen LogP contribution >= 0.6 is 11.3 Å². The number of aromatic nitrogens is 3. The van der Waals surface area contributed by atoms with Crippen molar-refractivity contribution in [3.05, 3.63) is 28.3 Å². The molecule has 0 N–H and O–H groups in total. The second-order valence-corrected chi connectivity index (χ2v) is 8.27. The van der Waals surface area contributed by atoms with Gasteiger partial charge in [-0.25, -0.2) is 4.98 Å². The van der Waals surface area contributed by atoms with Gasteiger partial charge in [0, 0.05) is 43.4 Å². The van der Waals surface area contributed by atoms with E-state index in [1.807, 2.05) is 9.80 Å². The normalized spacial score (nSPS) is 27.8. The number of rotatable bonds is 3. The third-order valence-corrected chi connectivity index (χ3v) is 6.33. The smallest absolute Gasteiger partial charge is 0.273 e. The van der Waals surface area contributed by atoms with Crippen LogP contribution in [0.2, 0.25) is 0 Å². The van der Waals surface area contributed by atoms with Crippen molar-refractivity contribution in [2.45, 2.75) is 25.2 Å². The molecular formula is C17H19N5O3S. The average molecular weight is 373 g/mol. The molecule has 26 heavy (non-hydrogen) atoms. The summed E-state index contributed by atoms with van der Waals surface area (Å²) < 4.78 is 5.53. The zero-order valence-corrected chi connectivity index (χ0v) is 15.2. The van der Waals surface area contributed by atoms with Crippen LogP contribution in [0, 0.1) is 18.8 Å². The van der Waals surface area contributed by atoms with Gasteiger partial charge < -0.3 is 14.3 Å². The molecular weight excluding hydrogens is 354 g/mol. The number of carbonyl (C=O) groups excluding carboxylic acids is 2. The number of hydrogen-bond acceptors (Lipinski definition) is 7. The quantitative estimate of drug-likeness (QED) is 0.800. The van der Waals surface area contributed by atoms with E-state index < -0.39 is 5.41 Å². The van der Waals surface area contributed by atoms with Crippen LogP contribution in [0.5, 0.6) is 0 Å². The molecule has 5 rings (SSSR count). The van der Waals surface area contributed by atoms with Crippen molar-refractivity contribution >= 4 is 23.2 Å². The molecule has 0 aromatic carbocycles. The Hall–Kier alpha value is -2.29. The summed E-state index contributed by atoms with van der Waals surface area (Å²) in [6.07, 6.45) is 1.97. The van der Waals surface area contributed by atoms with E-state index in [0.717, 1.165) is 12.8 Å². The van der Waals surface area contributed by atoms with Crippen LogP contribution in [0.1, 0.15) is 35.0 Å². The highest BCUT2D eigenvalue weighted by atomic mass is 32.1. The molecule has 8 nitrogen and oxygen atoms in total. The lowest BCUT2D eigenvalue weighted by atomic mass is 9.81. The summed E-state index contributed by atoms with van der Waals surface area (Å²) in [6.45, 7) is 4.01. The molecule has 0 spiro atoms. The molecule has 1 saturated carbocycles. The number of fused-ring (bicyclic) bond motifs is 1. The first-order chi connectivity index (χ1) is 12.6. The van der Waals surface area contributed by atoms with Gasteiger partial charge in [0.25, 0.3) is 5.91 Å². The maximum absolute atomic E-state index is 12.8. The zero-order valence-electron chi connectivity index (χ0n) is 14.4. The SMILES string of the molecule is Cc1noc([C@]23CN(C(=O)c4cscn4)C[C@H]2CN(C(=O)C2CC2)C3)n1. The van der Waals surface area contributed by atoms with Crippen molar-refractivity contribution in [3.63, 3.8) is 0 Å². The van der Waals surface area contributed by atoms with E-state index in [4.69, 9.17) is 4.52 Å². The van der Waals surface area contributed by atoms with E-state index in [-0.39, 0.29) is 23.7 Å². The van der Waals surface area contributed by atoms with E-state index in [2.05, 4.69) is 15.1 Å². The van der Waals surface area contributed by atoms with E-state index in [1.165, 1.54) is 11.3 Å². The highest BCUT2D eigenvalue weighted by Crippen LogP contribution is 2.46. The molecule has 0 bridgehead atoms. The van der Waals surface area contributed by atoms with Crippen LogP contribution in [0.4, 0.5) is 0 Å². The highest BCUT2D eigenvalue weighted by Gasteiger charge is 2.59. The van der Waals surface area contributed by atoms with Crippen LogP contribution in [-0.2, 0) is 10.2 Å². The summed E-state index contributed by atoms with van der Waals surface area (Å²) in [5.41, 5.74) is 1.66. The van der Waals surface area contributed by atoms with Crippen molar-refractivity contribution < 1.29 is 14.1 Å². The van der Waals surface area contributed by atoms with Gasteiger partial charge in [-0.05, 0) is 19.8 Å². The molecule has 2 aliphatic heterocycles. The van der Waals surface area contributed by atoms with Crippen molar-refractivity contribution in [3.8, 4) is 0 Å². The summed E-state index contributed by atoms with van der Waals surface area (Å²) in [7, 11) is 0. The molecule has 136 valence electrons. The van der Waals surface area contributed by atoms with Crippen LogP contribution in [-0.4, -0.2) is 62.9 Å². The molecule has 3 fully saturated rings. The molecule has 2 amide bonds. The van der Waals surface area contributed by atoms with E-state index in [9.17, 15) is 9.59 Å². The predicted molar refractivity (Wildman–Crippen MR) is 91.5 cm³/mol. The van der Waals surface area contributed by atoms with Crippen molar-refractivity contribution in [2.75, 3.05) is 26.2 Å².